The summed E-state index contributed by atoms with van der Waals surface area (Å²) in [5.74, 6) is -0.106. The summed E-state index contributed by atoms with van der Waals surface area (Å²) in [4.78, 5) is 13.2. The lowest BCUT2D eigenvalue weighted by atomic mass is 10.1. The average molecular weight is 182 g/mol. The van der Waals surface area contributed by atoms with Gasteiger partial charge in [-0.3, -0.25) is 4.79 Å². The number of hydrogen-bond acceptors (Lipinski definition) is 3. The predicted molar refractivity (Wildman–Crippen MR) is 49.7 cm³/mol. The molecule has 0 aromatic rings. The van der Waals surface area contributed by atoms with E-state index in [1.165, 1.54) is 0 Å². The third-order valence-electron chi connectivity index (χ3n) is 1.73. The molecule has 0 unspecified atom stereocenters. The average Bonchev–Trinajstić information content (AvgIpc) is 2.14. The van der Waals surface area contributed by atoms with Crippen LogP contribution < -0.4 is 5.32 Å². The van der Waals surface area contributed by atoms with Crippen molar-refractivity contribution >= 4 is 5.91 Å². The van der Waals surface area contributed by atoms with Gasteiger partial charge in [-0.15, -0.1) is 0 Å². The molecule has 1 heterocycles. The van der Waals surface area contributed by atoms with Gasteiger partial charge < -0.3 is 15.3 Å². The molecule has 0 saturated carbocycles. The lowest BCUT2D eigenvalue weighted by Gasteiger charge is -2.15. The van der Waals surface area contributed by atoms with Gasteiger partial charge in [0.05, 0.1) is 6.61 Å². The zero-order valence-corrected chi connectivity index (χ0v) is 7.66. The Labute approximate surface area is 77.5 Å². The number of rotatable bonds is 3. The molecule has 0 atom stereocenters. The van der Waals surface area contributed by atoms with Crippen LogP contribution in [0.1, 0.15) is 6.42 Å². The molecule has 0 saturated heterocycles. The van der Waals surface area contributed by atoms with E-state index >= 15 is 0 Å². The van der Waals surface area contributed by atoms with E-state index in [1.807, 2.05) is 24.2 Å². The lowest BCUT2D eigenvalue weighted by Crippen LogP contribution is -2.29. The summed E-state index contributed by atoms with van der Waals surface area (Å²) in [6.07, 6.45) is 6.27. The Morgan fingerprint density at radius 2 is 2.54 bits per heavy atom. The molecule has 4 heteroatoms. The first-order valence-corrected chi connectivity index (χ1v) is 4.22. The van der Waals surface area contributed by atoms with Crippen molar-refractivity contribution < 1.29 is 9.90 Å². The van der Waals surface area contributed by atoms with Crippen molar-refractivity contribution in [1.82, 2.24) is 10.2 Å². The van der Waals surface area contributed by atoms with E-state index in [0.29, 0.717) is 13.0 Å². The van der Waals surface area contributed by atoms with E-state index in [2.05, 4.69) is 5.32 Å². The van der Waals surface area contributed by atoms with Crippen LogP contribution in [0.2, 0.25) is 0 Å². The Morgan fingerprint density at radius 3 is 3.15 bits per heavy atom. The quantitative estimate of drug-likeness (QED) is 0.637. The lowest BCUT2D eigenvalue weighted by molar-refractivity contribution is -0.117. The van der Waals surface area contributed by atoms with Gasteiger partial charge in [0, 0.05) is 25.4 Å². The highest BCUT2D eigenvalue weighted by molar-refractivity contribution is 5.93. The standard InChI is InChI=1S/C9H14N2O2/c1-11-5-2-3-8(7-11)9(13)10-4-6-12/h2,5,7,12H,3-4,6H2,1H3,(H,10,13). The van der Waals surface area contributed by atoms with Crippen molar-refractivity contribution in [3.8, 4) is 0 Å². The summed E-state index contributed by atoms with van der Waals surface area (Å²) in [6.45, 7) is 0.286. The molecule has 4 nitrogen and oxygen atoms in total. The molecule has 0 radical (unpaired) electrons. The van der Waals surface area contributed by atoms with Gasteiger partial charge in [-0.2, -0.15) is 0 Å². The number of nitrogens with zero attached hydrogens (tertiary/aromatic N) is 1. The first kappa shape index (κ1) is 9.80. The number of amides is 1. The molecule has 0 bridgehead atoms. The third-order valence-corrected chi connectivity index (χ3v) is 1.73. The van der Waals surface area contributed by atoms with Crippen molar-refractivity contribution in [2.24, 2.45) is 0 Å². The molecule has 0 spiro atoms. The number of nitrogens with one attached hydrogen (secondary N) is 1. The van der Waals surface area contributed by atoms with E-state index in [-0.39, 0.29) is 12.5 Å². The van der Waals surface area contributed by atoms with Crippen LogP contribution in [-0.2, 0) is 4.79 Å². The molecule has 1 rings (SSSR count). The van der Waals surface area contributed by atoms with Gasteiger partial charge in [0.2, 0.25) is 5.91 Å². The second-order valence-electron chi connectivity index (χ2n) is 2.89. The van der Waals surface area contributed by atoms with Crippen LogP contribution in [0.25, 0.3) is 0 Å². The molecule has 0 aromatic carbocycles. The predicted octanol–water partition coefficient (Wildman–Crippen LogP) is -0.172. The van der Waals surface area contributed by atoms with Crippen LogP contribution in [0, 0.1) is 0 Å². The van der Waals surface area contributed by atoms with Gasteiger partial charge in [0.1, 0.15) is 0 Å². The van der Waals surface area contributed by atoms with Crippen LogP contribution in [-0.4, -0.2) is 36.1 Å². The second kappa shape index (κ2) is 4.67. The number of carbonyl (C=O) groups is 1. The van der Waals surface area contributed by atoms with Crippen molar-refractivity contribution in [3.63, 3.8) is 0 Å². The molecule has 1 aliphatic heterocycles. The fourth-order valence-electron chi connectivity index (χ4n) is 1.12. The molecule has 2 N–H and O–H groups in total. The number of hydrogen-bond donors (Lipinski definition) is 2. The Morgan fingerprint density at radius 1 is 1.77 bits per heavy atom. The van der Waals surface area contributed by atoms with Crippen molar-refractivity contribution in [3.05, 3.63) is 24.0 Å². The molecule has 0 aromatic heterocycles. The number of aliphatic hydroxyl groups excluding tert-OH is 1. The SMILES string of the molecule is CN1C=CCC(C(=O)NCCO)=C1. The van der Waals surface area contributed by atoms with Gasteiger partial charge in [0.15, 0.2) is 0 Å². The van der Waals surface area contributed by atoms with E-state index in [1.54, 1.807) is 6.20 Å². The van der Waals surface area contributed by atoms with E-state index in [4.69, 9.17) is 5.11 Å². The van der Waals surface area contributed by atoms with E-state index < -0.39 is 0 Å². The summed E-state index contributed by atoms with van der Waals surface area (Å²) in [7, 11) is 1.87. The summed E-state index contributed by atoms with van der Waals surface area (Å²) in [5, 5.41) is 11.1. The minimum atomic E-state index is -0.106. The monoisotopic (exact) mass is 182 g/mol. The van der Waals surface area contributed by atoms with Crippen LogP contribution in [0.15, 0.2) is 24.0 Å². The van der Waals surface area contributed by atoms with Crippen LogP contribution >= 0.6 is 0 Å². The second-order valence-corrected chi connectivity index (χ2v) is 2.89. The Bertz CT molecular complexity index is 246. The smallest absolute Gasteiger partial charge is 0.249 e. The minimum Gasteiger partial charge on any atom is -0.395 e. The normalized spacial score (nSPS) is 15.5. The fourth-order valence-corrected chi connectivity index (χ4v) is 1.12. The molecule has 0 fully saturated rings. The minimum absolute atomic E-state index is 0.0231. The van der Waals surface area contributed by atoms with Gasteiger partial charge in [-0.25, -0.2) is 0 Å². The summed E-state index contributed by atoms with van der Waals surface area (Å²) in [6, 6.07) is 0. The number of aliphatic hydroxyl groups is 1. The summed E-state index contributed by atoms with van der Waals surface area (Å²) < 4.78 is 0. The highest BCUT2D eigenvalue weighted by Gasteiger charge is 2.10. The van der Waals surface area contributed by atoms with Crippen LogP contribution in [0.3, 0.4) is 0 Å². The fraction of sp³-hybridized carbons (Fsp3) is 0.444. The van der Waals surface area contributed by atoms with E-state index in [9.17, 15) is 4.79 Å². The Balaban J connectivity index is 2.47. The molecule has 1 aliphatic rings. The van der Waals surface area contributed by atoms with Gasteiger partial charge in [-0.05, 0) is 12.6 Å². The molecule has 0 aliphatic carbocycles. The van der Waals surface area contributed by atoms with Crippen molar-refractivity contribution in [2.45, 2.75) is 6.42 Å². The highest BCUT2D eigenvalue weighted by Crippen LogP contribution is 2.09. The molecular formula is C9H14N2O2. The molecule has 72 valence electrons. The van der Waals surface area contributed by atoms with Crippen molar-refractivity contribution in [2.75, 3.05) is 20.2 Å². The maximum atomic E-state index is 11.4. The third kappa shape index (κ3) is 2.91. The van der Waals surface area contributed by atoms with Gasteiger partial charge in [0.25, 0.3) is 0 Å². The highest BCUT2D eigenvalue weighted by atomic mass is 16.3. The van der Waals surface area contributed by atoms with Gasteiger partial charge in [-0.1, -0.05) is 6.08 Å². The maximum Gasteiger partial charge on any atom is 0.249 e. The topological polar surface area (TPSA) is 52.6 Å². The first-order valence-electron chi connectivity index (χ1n) is 4.22. The van der Waals surface area contributed by atoms with Gasteiger partial charge >= 0.3 is 0 Å². The Kier molecular flexibility index (Phi) is 3.52. The molecule has 13 heavy (non-hydrogen) atoms. The zero-order valence-electron chi connectivity index (χ0n) is 7.66. The van der Waals surface area contributed by atoms with Crippen molar-refractivity contribution in [1.29, 1.82) is 0 Å². The number of carbonyl (C=O) groups excluding carboxylic acids is 1. The molecular weight excluding hydrogens is 168 g/mol. The van der Waals surface area contributed by atoms with Crippen LogP contribution in [0.5, 0.6) is 0 Å². The largest absolute Gasteiger partial charge is 0.395 e. The van der Waals surface area contributed by atoms with Crippen LogP contribution in [0.4, 0.5) is 0 Å². The van der Waals surface area contributed by atoms with E-state index in [0.717, 1.165) is 5.57 Å². The number of allylic oxidation sites excluding steroid dienone is 1. The Hall–Kier alpha value is -1.29. The summed E-state index contributed by atoms with van der Waals surface area (Å²) >= 11 is 0. The molecule has 1 amide bonds. The summed E-state index contributed by atoms with van der Waals surface area (Å²) in [5.41, 5.74) is 0.721. The zero-order chi connectivity index (χ0) is 9.68. The maximum absolute atomic E-state index is 11.4. The first-order chi connectivity index (χ1) is 6.24.